The minimum absolute atomic E-state index is 0.0242. The molecule has 7 nitrogen and oxygen atoms in total. The van der Waals surface area contributed by atoms with Crippen molar-refractivity contribution in [3.8, 4) is 5.75 Å². The van der Waals surface area contributed by atoms with Gasteiger partial charge in [-0.25, -0.2) is 10.4 Å². The number of carbonyl (C=O) groups is 1. The summed E-state index contributed by atoms with van der Waals surface area (Å²) in [7, 11) is 0. The summed E-state index contributed by atoms with van der Waals surface area (Å²) in [5.41, 5.74) is 3.33. The Labute approximate surface area is 172 Å². The van der Waals surface area contributed by atoms with Crippen LogP contribution >= 0.6 is 0 Å². The Kier molecular flexibility index (Phi) is 5.56. The van der Waals surface area contributed by atoms with Gasteiger partial charge in [0.1, 0.15) is 5.75 Å². The van der Waals surface area contributed by atoms with Gasteiger partial charge in [-0.15, -0.1) is 13.2 Å². The number of nitrogens with zero attached hydrogens (tertiary/aromatic N) is 1. The first-order valence-corrected chi connectivity index (χ1v) is 9.63. The fraction of sp³-hybridized carbons (Fsp3) is 0.611. The Hall–Kier alpha value is -2.09. The van der Waals surface area contributed by atoms with E-state index in [-0.39, 0.29) is 5.92 Å². The predicted molar refractivity (Wildman–Crippen MR) is 92.6 cm³/mol. The van der Waals surface area contributed by atoms with E-state index in [9.17, 15) is 36.2 Å². The molecule has 4 N–H and O–H groups in total. The van der Waals surface area contributed by atoms with Crippen LogP contribution < -0.4 is 20.8 Å². The molecule has 1 aromatic carbocycles. The van der Waals surface area contributed by atoms with Crippen LogP contribution in [0.5, 0.6) is 5.75 Å². The first-order chi connectivity index (χ1) is 14.4. The van der Waals surface area contributed by atoms with Crippen molar-refractivity contribution >= 4 is 5.91 Å². The number of hydrogen-bond acceptors (Lipinski definition) is 6. The normalized spacial score (nSPS) is 30.6. The Morgan fingerprint density at radius 1 is 1.13 bits per heavy atom. The van der Waals surface area contributed by atoms with Gasteiger partial charge >= 0.3 is 12.5 Å². The van der Waals surface area contributed by atoms with Gasteiger partial charge in [-0.1, -0.05) is 12.1 Å². The molecule has 0 spiro atoms. The SMILES string of the molecule is O=C1NC(O)NC2C1C(CC(F)(F)F)NN2C(c1ccc(OC(F)(F)F)cc1)C1CC1. The molecule has 3 aliphatic rings. The zero-order chi connectivity index (χ0) is 22.6. The molecule has 1 aromatic rings. The average Bonchev–Trinajstić information content (AvgIpc) is 3.38. The van der Waals surface area contributed by atoms with E-state index < -0.39 is 61.1 Å². The molecule has 2 saturated heterocycles. The van der Waals surface area contributed by atoms with Crippen molar-refractivity contribution in [2.45, 2.75) is 56.4 Å². The van der Waals surface area contributed by atoms with Gasteiger partial charge in [-0.3, -0.25) is 10.1 Å². The molecule has 1 saturated carbocycles. The monoisotopic (exact) mass is 454 g/mol. The summed E-state index contributed by atoms with van der Waals surface area (Å²) in [6.45, 7) is 0. The van der Waals surface area contributed by atoms with Gasteiger partial charge in [-0.05, 0) is 36.5 Å². The van der Waals surface area contributed by atoms with Crippen molar-refractivity contribution in [2.75, 3.05) is 0 Å². The molecule has 5 atom stereocenters. The fourth-order valence-electron chi connectivity index (χ4n) is 4.30. The van der Waals surface area contributed by atoms with Gasteiger partial charge in [0.25, 0.3) is 0 Å². The fourth-order valence-corrected chi connectivity index (χ4v) is 4.30. The number of amides is 1. The van der Waals surface area contributed by atoms with E-state index in [1.165, 1.54) is 17.1 Å². The molecule has 2 heterocycles. The van der Waals surface area contributed by atoms with Crippen molar-refractivity contribution in [3.63, 3.8) is 0 Å². The molecule has 0 aromatic heterocycles. The number of alkyl halides is 6. The standard InChI is InChI=1S/C18H20F6N4O3/c19-17(20,21)7-11-12-14(25-16(30)26-15(12)29)28(27-11)13(8-1-2-8)9-3-5-10(6-4-9)31-18(22,23)24/h3-6,8,11-14,16,25,27,30H,1-2,7H2,(H,26,29). The van der Waals surface area contributed by atoms with Crippen LogP contribution in [0.15, 0.2) is 24.3 Å². The maximum absolute atomic E-state index is 13.1. The Morgan fingerprint density at radius 2 is 1.77 bits per heavy atom. The summed E-state index contributed by atoms with van der Waals surface area (Å²) in [6.07, 6.45) is -11.5. The van der Waals surface area contributed by atoms with Gasteiger partial charge in [0.2, 0.25) is 5.91 Å². The molecular weight excluding hydrogens is 434 g/mol. The van der Waals surface area contributed by atoms with E-state index in [2.05, 4.69) is 20.8 Å². The highest BCUT2D eigenvalue weighted by molar-refractivity contribution is 5.81. The average molecular weight is 454 g/mol. The van der Waals surface area contributed by atoms with Crippen LogP contribution in [0.25, 0.3) is 0 Å². The van der Waals surface area contributed by atoms with Crippen molar-refractivity contribution in [3.05, 3.63) is 29.8 Å². The van der Waals surface area contributed by atoms with Crippen LogP contribution in [0.4, 0.5) is 26.3 Å². The zero-order valence-electron chi connectivity index (χ0n) is 15.9. The van der Waals surface area contributed by atoms with E-state index in [0.717, 1.165) is 25.0 Å². The molecule has 5 unspecified atom stereocenters. The third-order valence-corrected chi connectivity index (χ3v) is 5.57. The molecule has 4 rings (SSSR count). The number of aliphatic hydroxyl groups is 1. The van der Waals surface area contributed by atoms with Crippen molar-refractivity contribution in [1.29, 1.82) is 0 Å². The first kappa shape index (κ1) is 22.1. The number of carbonyl (C=O) groups excluding carboxylic acids is 1. The molecule has 0 bridgehead atoms. The van der Waals surface area contributed by atoms with Crippen LogP contribution in [0.1, 0.15) is 30.9 Å². The number of benzene rings is 1. The highest BCUT2D eigenvalue weighted by Gasteiger charge is 2.55. The van der Waals surface area contributed by atoms with Crippen LogP contribution in [0, 0.1) is 11.8 Å². The maximum atomic E-state index is 13.1. The summed E-state index contributed by atoms with van der Waals surface area (Å²) in [5.74, 6) is -2.24. The maximum Gasteiger partial charge on any atom is 0.573 e. The number of nitrogens with one attached hydrogen (secondary N) is 3. The molecule has 1 amide bonds. The second kappa shape index (κ2) is 7.80. The highest BCUT2D eigenvalue weighted by atomic mass is 19.4. The number of aliphatic hydroxyl groups excluding tert-OH is 1. The Morgan fingerprint density at radius 3 is 2.32 bits per heavy atom. The second-order valence-electron chi connectivity index (χ2n) is 7.91. The second-order valence-corrected chi connectivity index (χ2v) is 7.91. The minimum atomic E-state index is -4.85. The van der Waals surface area contributed by atoms with Gasteiger partial charge in [-0.2, -0.15) is 13.2 Å². The van der Waals surface area contributed by atoms with Crippen LogP contribution in [0.2, 0.25) is 0 Å². The van der Waals surface area contributed by atoms with Gasteiger partial charge in [0, 0.05) is 6.04 Å². The summed E-state index contributed by atoms with van der Waals surface area (Å²) >= 11 is 0. The Bertz CT molecular complexity index is 814. The number of halogens is 6. The van der Waals surface area contributed by atoms with Crippen LogP contribution in [-0.2, 0) is 4.79 Å². The lowest BCUT2D eigenvalue weighted by atomic mass is 9.92. The summed E-state index contributed by atoms with van der Waals surface area (Å²) in [5, 5.41) is 16.2. The molecular formula is C18H20F6N4O3. The quantitative estimate of drug-likeness (QED) is 0.510. The van der Waals surface area contributed by atoms with Crippen molar-refractivity contribution in [1.82, 2.24) is 21.1 Å². The van der Waals surface area contributed by atoms with E-state index >= 15 is 0 Å². The van der Waals surface area contributed by atoms with E-state index in [0.29, 0.717) is 5.56 Å². The van der Waals surface area contributed by atoms with Crippen molar-refractivity contribution in [2.24, 2.45) is 11.8 Å². The number of fused-ring (bicyclic) bond motifs is 1. The van der Waals surface area contributed by atoms with E-state index in [1.54, 1.807) is 0 Å². The molecule has 31 heavy (non-hydrogen) atoms. The van der Waals surface area contributed by atoms with Crippen LogP contribution in [-0.4, -0.2) is 47.1 Å². The lowest BCUT2D eigenvalue weighted by molar-refractivity contribution is -0.274. The third kappa shape index (κ3) is 5.05. The van der Waals surface area contributed by atoms with Gasteiger partial charge < -0.3 is 15.2 Å². The van der Waals surface area contributed by atoms with Crippen LogP contribution in [0.3, 0.4) is 0 Å². The molecule has 0 radical (unpaired) electrons. The van der Waals surface area contributed by atoms with E-state index in [1.807, 2.05) is 0 Å². The first-order valence-electron chi connectivity index (χ1n) is 9.63. The summed E-state index contributed by atoms with van der Waals surface area (Å²) in [6, 6.07) is 3.31. The largest absolute Gasteiger partial charge is 0.573 e. The molecule has 1 aliphatic carbocycles. The minimum Gasteiger partial charge on any atom is -0.406 e. The number of hydrogen-bond donors (Lipinski definition) is 4. The van der Waals surface area contributed by atoms with Gasteiger partial charge in [0.05, 0.1) is 24.5 Å². The Balaban J connectivity index is 1.62. The number of rotatable bonds is 5. The zero-order valence-corrected chi connectivity index (χ0v) is 15.9. The molecule has 172 valence electrons. The van der Waals surface area contributed by atoms with Gasteiger partial charge in [0.15, 0.2) is 6.35 Å². The molecule has 3 fully saturated rings. The number of ether oxygens (including phenoxy) is 1. The number of hydrazine groups is 1. The summed E-state index contributed by atoms with van der Waals surface area (Å²) < 4.78 is 80.4. The predicted octanol–water partition coefficient (Wildman–Crippen LogP) is 2.12. The summed E-state index contributed by atoms with van der Waals surface area (Å²) in [4.78, 5) is 12.4. The lowest BCUT2D eigenvalue weighted by Crippen LogP contribution is -2.64. The molecule has 2 aliphatic heterocycles. The molecule has 13 heteroatoms. The topological polar surface area (TPSA) is 85.9 Å². The van der Waals surface area contributed by atoms with Crippen molar-refractivity contribution < 1.29 is 41.0 Å². The van der Waals surface area contributed by atoms with E-state index in [4.69, 9.17) is 0 Å². The third-order valence-electron chi connectivity index (χ3n) is 5.57. The lowest BCUT2D eigenvalue weighted by Gasteiger charge is -2.38. The smallest absolute Gasteiger partial charge is 0.406 e. The highest BCUT2D eigenvalue weighted by Crippen LogP contribution is 2.47.